The largest absolute Gasteiger partial charge is 0.409 e. The van der Waals surface area contributed by atoms with E-state index in [0.29, 0.717) is 11.3 Å². The number of rotatable bonds is 4. The van der Waals surface area contributed by atoms with Crippen LogP contribution in [0.3, 0.4) is 0 Å². The first-order chi connectivity index (χ1) is 10.2. The highest BCUT2D eigenvalue weighted by Gasteiger charge is 2.19. The number of nitrogens with zero attached hydrogens (tertiary/aromatic N) is 2. The van der Waals surface area contributed by atoms with Crippen LogP contribution < -0.4 is 10.6 Å². The highest BCUT2D eigenvalue weighted by Crippen LogP contribution is 2.27. The van der Waals surface area contributed by atoms with Crippen molar-refractivity contribution in [1.29, 1.82) is 0 Å². The molecular weight excluding hydrogens is 269 g/mol. The van der Waals surface area contributed by atoms with E-state index in [-0.39, 0.29) is 11.7 Å². The van der Waals surface area contributed by atoms with Gasteiger partial charge in [0.2, 0.25) is 0 Å². The number of oxime groups is 1. The molecule has 1 saturated heterocycles. The van der Waals surface area contributed by atoms with E-state index >= 15 is 0 Å². The first kappa shape index (κ1) is 15.6. The summed E-state index contributed by atoms with van der Waals surface area (Å²) in [6.45, 7) is 4.00. The molecule has 0 bridgehead atoms. The van der Waals surface area contributed by atoms with Crippen LogP contribution in [0.1, 0.15) is 44.6 Å². The maximum atomic E-state index is 14.3. The van der Waals surface area contributed by atoms with Gasteiger partial charge in [0.05, 0.1) is 5.69 Å². The molecule has 1 aliphatic rings. The van der Waals surface area contributed by atoms with Crippen LogP contribution in [0.5, 0.6) is 0 Å². The van der Waals surface area contributed by atoms with Gasteiger partial charge < -0.3 is 15.8 Å². The lowest BCUT2D eigenvalue weighted by atomic mass is 9.96. The molecule has 21 heavy (non-hydrogen) atoms. The Labute approximate surface area is 125 Å². The molecule has 5 heteroatoms. The van der Waals surface area contributed by atoms with Gasteiger partial charge in [0.15, 0.2) is 5.84 Å². The van der Waals surface area contributed by atoms with Crippen LogP contribution in [-0.2, 0) is 0 Å². The quantitative estimate of drug-likeness (QED) is 0.387. The average molecular weight is 293 g/mol. The van der Waals surface area contributed by atoms with Gasteiger partial charge in [-0.1, -0.05) is 24.9 Å². The third-order valence-electron chi connectivity index (χ3n) is 4.24. The van der Waals surface area contributed by atoms with E-state index in [1.165, 1.54) is 25.3 Å². The minimum absolute atomic E-state index is 0.0701. The Morgan fingerprint density at radius 1 is 1.43 bits per heavy atom. The second-order valence-electron chi connectivity index (χ2n) is 5.72. The van der Waals surface area contributed by atoms with E-state index in [1.807, 2.05) is 0 Å². The molecule has 1 unspecified atom stereocenters. The van der Waals surface area contributed by atoms with Crippen LogP contribution in [-0.4, -0.2) is 24.1 Å². The molecule has 0 aromatic heterocycles. The second kappa shape index (κ2) is 7.29. The molecule has 0 aliphatic carbocycles. The van der Waals surface area contributed by atoms with E-state index < -0.39 is 0 Å². The summed E-state index contributed by atoms with van der Waals surface area (Å²) in [4.78, 5) is 2.11. The Morgan fingerprint density at radius 2 is 2.24 bits per heavy atom. The van der Waals surface area contributed by atoms with E-state index in [4.69, 9.17) is 10.9 Å². The zero-order chi connectivity index (χ0) is 15.2. The fraction of sp³-hybridized carbons (Fsp3) is 0.562. The Morgan fingerprint density at radius 3 is 2.90 bits per heavy atom. The minimum Gasteiger partial charge on any atom is -0.409 e. The van der Waals surface area contributed by atoms with Crippen molar-refractivity contribution in [2.45, 2.75) is 39.0 Å². The van der Waals surface area contributed by atoms with Crippen LogP contribution in [0.25, 0.3) is 0 Å². The number of hydrogen-bond donors (Lipinski definition) is 2. The SMILES string of the molecule is CCCC1CCCN(c2ccc(C(N)=NO)cc2F)CC1. The molecule has 1 aromatic rings. The Balaban J connectivity index is 2.11. The molecule has 1 atom stereocenters. The van der Waals surface area contributed by atoms with Crippen molar-refractivity contribution < 1.29 is 9.60 Å². The van der Waals surface area contributed by atoms with Crippen molar-refractivity contribution in [1.82, 2.24) is 0 Å². The number of amidine groups is 1. The van der Waals surface area contributed by atoms with E-state index in [9.17, 15) is 4.39 Å². The van der Waals surface area contributed by atoms with Crippen molar-refractivity contribution in [2.24, 2.45) is 16.8 Å². The van der Waals surface area contributed by atoms with Crippen molar-refractivity contribution in [3.8, 4) is 0 Å². The maximum Gasteiger partial charge on any atom is 0.170 e. The summed E-state index contributed by atoms with van der Waals surface area (Å²) in [7, 11) is 0. The lowest BCUT2D eigenvalue weighted by Crippen LogP contribution is -2.25. The van der Waals surface area contributed by atoms with E-state index in [2.05, 4.69) is 17.0 Å². The molecule has 116 valence electrons. The molecule has 1 fully saturated rings. The van der Waals surface area contributed by atoms with Gasteiger partial charge in [-0.2, -0.15) is 0 Å². The number of halogens is 1. The monoisotopic (exact) mass is 293 g/mol. The normalized spacial score (nSPS) is 20.4. The van der Waals surface area contributed by atoms with Gasteiger partial charge in [-0.25, -0.2) is 4.39 Å². The lowest BCUT2D eigenvalue weighted by Gasteiger charge is -2.23. The number of benzene rings is 1. The molecule has 4 nitrogen and oxygen atoms in total. The Bertz CT molecular complexity index is 504. The standard InChI is InChI=1S/C16H24FN3O/c1-2-4-12-5-3-9-20(10-8-12)15-7-6-13(11-14(15)17)16(18)19-21/h6-7,11-12,21H,2-5,8-10H2,1H3,(H2,18,19). The smallest absolute Gasteiger partial charge is 0.170 e. The third-order valence-corrected chi connectivity index (χ3v) is 4.24. The Kier molecular flexibility index (Phi) is 5.42. The second-order valence-corrected chi connectivity index (χ2v) is 5.72. The first-order valence-electron chi connectivity index (χ1n) is 7.68. The summed E-state index contributed by atoms with van der Waals surface area (Å²) in [6.07, 6.45) is 5.93. The highest BCUT2D eigenvalue weighted by atomic mass is 19.1. The molecule has 0 radical (unpaired) electrons. The van der Waals surface area contributed by atoms with Gasteiger partial charge in [-0.15, -0.1) is 0 Å². The van der Waals surface area contributed by atoms with Gasteiger partial charge >= 0.3 is 0 Å². The van der Waals surface area contributed by atoms with Crippen molar-refractivity contribution >= 4 is 11.5 Å². The first-order valence-corrected chi connectivity index (χ1v) is 7.68. The predicted octanol–water partition coefficient (Wildman–Crippen LogP) is 3.33. The number of nitrogens with two attached hydrogens (primary N) is 1. The van der Waals surface area contributed by atoms with Crippen LogP contribution in [0.4, 0.5) is 10.1 Å². The molecular formula is C16H24FN3O. The van der Waals surface area contributed by atoms with Gasteiger partial charge in [-0.3, -0.25) is 0 Å². The lowest BCUT2D eigenvalue weighted by molar-refractivity contribution is 0.318. The summed E-state index contributed by atoms with van der Waals surface area (Å²) >= 11 is 0. The van der Waals surface area contributed by atoms with Gasteiger partial charge in [0.1, 0.15) is 5.82 Å². The third kappa shape index (κ3) is 3.86. The van der Waals surface area contributed by atoms with Crippen LogP contribution in [0.15, 0.2) is 23.4 Å². The van der Waals surface area contributed by atoms with Crippen LogP contribution in [0, 0.1) is 11.7 Å². The van der Waals surface area contributed by atoms with Crippen LogP contribution in [0.2, 0.25) is 0 Å². The fourth-order valence-corrected chi connectivity index (χ4v) is 3.08. The summed E-state index contributed by atoms with van der Waals surface area (Å²) in [5.41, 5.74) is 6.50. The van der Waals surface area contributed by atoms with Crippen LogP contribution >= 0.6 is 0 Å². The summed E-state index contributed by atoms with van der Waals surface area (Å²) in [5, 5.41) is 11.5. The molecule has 0 spiro atoms. The van der Waals surface area contributed by atoms with Gasteiger partial charge in [-0.05, 0) is 43.4 Å². The number of hydrogen-bond acceptors (Lipinski definition) is 3. The topological polar surface area (TPSA) is 61.8 Å². The summed E-state index contributed by atoms with van der Waals surface area (Å²) < 4.78 is 14.3. The Hall–Kier alpha value is -1.78. The molecule has 1 aromatic carbocycles. The average Bonchev–Trinajstić information content (AvgIpc) is 2.72. The predicted molar refractivity (Wildman–Crippen MR) is 83.4 cm³/mol. The van der Waals surface area contributed by atoms with Crippen molar-refractivity contribution in [3.05, 3.63) is 29.6 Å². The molecule has 1 aliphatic heterocycles. The zero-order valence-electron chi connectivity index (χ0n) is 12.6. The van der Waals surface area contributed by atoms with Gasteiger partial charge in [0, 0.05) is 18.7 Å². The van der Waals surface area contributed by atoms with Gasteiger partial charge in [0.25, 0.3) is 0 Å². The summed E-state index contributed by atoms with van der Waals surface area (Å²) in [6, 6.07) is 4.75. The maximum absolute atomic E-state index is 14.3. The molecule has 3 N–H and O–H groups in total. The molecule has 0 amide bonds. The van der Waals surface area contributed by atoms with E-state index in [0.717, 1.165) is 31.8 Å². The zero-order valence-corrected chi connectivity index (χ0v) is 12.6. The summed E-state index contributed by atoms with van der Waals surface area (Å²) in [5.74, 6) is 0.381. The van der Waals surface area contributed by atoms with Crippen molar-refractivity contribution in [3.63, 3.8) is 0 Å². The number of anilines is 1. The van der Waals surface area contributed by atoms with E-state index in [1.54, 1.807) is 12.1 Å². The molecule has 0 saturated carbocycles. The fourth-order valence-electron chi connectivity index (χ4n) is 3.08. The minimum atomic E-state index is -0.312. The highest BCUT2D eigenvalue weighted by molar-refractivity contribution is 5.97. The molecule has 1 heterocycles. The van der Waals surface area contributed by atoms with Crippen molar-refractivity contribution in [2.75, 3.05) is 18.0 Å². The molecule has 2 rings (SSSR count).